The van der Waals surface area contributed by atoms with Gasteiger partial charge in [-0.15, -0.1) is 0 Å². The molecule has 0 saturated heterocycles. The first-order valence-corrected chi connectivity index (χ1v) is 7.60. The second-order valence-electron chi connectivity index (χ2n) is 5.55. The van der Waals surface area contributed by atoms with Crippen molar-refractivity contribution in [3.63, 3.8) is 0 Å². The Morgan fingerprint density at radius 1 is 1.32 bits per heavy atom. The minimum atomic E-state index is 0.509. The Hall–Kier alpha value is -0.800. The maximum atomic E-state index is 5.88. The Bertz CT molecular complexity index is 358. The van der Waals surface area contributed by atoms with Gasteiger partial charge in [-0.1, -0.05) is 34.1 Å². The van der Waals surface area contributed by atoms with Crippen LogP contribution >= 0.6 is 0 Å². The van der Waals surface area contributed by atoms with Gasteiger partial charge in [0, 0.05) is 18.2 Å². The molecule has 0 aromatic carbocycles. The topological polar surface area (TPSA) is 28.4 Å². The van der Waals surface area contributed by atoms with Gasteiger partial charge in [0.2, 0.25) is 0 Å². The molecule has 1 aromatic heterocycles. The highest BCUT2D eigenvalue weighted by Crippen LogP contribution is 2.16. The van der Waals surface area contributed by atoms with Crippen molar-refractivity contribution >= 4 is 0 Å². The molecule has 3 heteroatoms. The Balaban J connectivity index is 2.56. The summed E-state index contributed by atoms with van der Waals surface area (Å²) in [6.45, 7) is 14.9. The van der Waals surface area contributed by atoms with E-state index >= 15 is 0 Å². The second-order valence-corrected chi connectivity index (χ2v) is 5.55. The van der Waals surface area contributed by atoms with Crippen LogP contribution in [0.25, 0.3) is 0 Å². The van der Waals surface area contributed by atoms with Crippen LogP contribution in [0.15, 0.2) is 10.5 Å². The molecule has 0 spiro atoms. The van der Waals surface area contributed by atoms with E-state index in [1.165, 1.54) is 18.4 Å². The lowest BCUT2D eigenvalue weighted by atomic mass is 10.2. The van der Waals surface area contributed by atoms with E-state index in [2.05, 4.69) is 50.9 Å². The summed E-state index contributed by atoms with van der Waals surface area (Å²) in [5.74, 6) is 2.14. The highest BCUT2D eigenvalue weighted by Gasteiger charge is 2.10. The van der Waals surface area contributed by atoms with Crippen molar-refractivity contribution in [2.24, 2.45) is 0 Å². The van der Waals surface area contributed by atoms with E-state index in [1.54, 1.807) is 0 Å². The van der Waals surface area contributed by atoms with Crippen LogP contribution in [0, 0.1) is 6.92 Å². The molecule has 0 atom stereocenters. The van der Waals surface area contributed by atoms with Crippen LogP contribution in [-0.2, 0) is 13.1 Å². The quantitative estimate of drug-likeness (QED) is 0.738. The lowest BCUT2D eigenvalue weighted by Crippen LogP contribution is -2.23. The number of hydrogen-bond acceptors (Lipinski definition) is 3. The molecular formula is C16H30N2O. The molecule has 0 amide bonds. The van der Waals surface area contributed by atoms with E-state index in [9.17, 15) is 0 Å². The fraction of sp³-hybridized carbons (Fsp3) is 0.750. The fourth-order valence-corrected chi connectivity index (χ4v) is 2.11. The van der Waals surface area contributed by atoms with E-state index < -0.39 is 0 Å². The molecule has 3 nitrogen and oxygen atoms in total. The number of aryl methyl sites for hydroxylation is 1. The summed E-state index contributed by atoms with van der Waals surface area (Å²) in [7, 11) is 0. The lowest BCUT2D eigenvalue weighted by molar-refractivity contribution is 0.250. The first-order chi connectivity index (χ1) is 9.06. The van der Waals surface area contributed by atoms with Gasteiger partial charge >= 0.3 is 0 Å². The van der Waals surface area contributed by atoms with Crippen molar-refractivity contribution in [2.45, 2.75) is 66.6 Å². The molecule has 1 N–H and O–H groups in total. The maximum absolute atomic E-state index is 5.88. The molecule has 0 bridgehead atoms. The zero-order chi connectivity index (χ0) is 14.3. The van der Waals surface area contributed by atoms with Crippen molar-refractivity contribution in [3.05, 3.63) is 23.2 Å². The van der Waals surface area contributed by atoms with Crippen LogP contribution in [0.4, 0.5) is 0 Å². The molecule has 0 aliphatic heterocycles. The smallest absolute Gasteiger partial charge is 0.118 e. The third-order valence-corrected chi connectivity index (χ3v) is 3.43. The average Bonchev–Trinajstić information content (AvgIpc) is 2.72. The van der Waals surface area contributed by atoms with Crippen LogP contribution < -0.4 is 5.32 Å². The molecule has 0 saturated carbocycles. The fourth-order valence-electron chi connectivity index (χ4n) is 2.11. The Labute approximate surface area is 118 Å². The predicted octanol–water partition coefficient (Wildman–Crippen LogP) is 3.71. The molecule has 0 aliphatic rings. The Morgan fingerprint density at radius 2 is 2.05 bits per heavy atom. The van der Waals surface area contributed by atoms with Crippen molar-refractivity contribution in [2.75, 3.05) is 13.1 Å². The van der Waals surface area contributed by atoms with Gasteiger partial charge in [0.05, 0.1) is 6.54 Å². The van der Waals surface area contributed by atoms with E-state index in [0.29, 0.717) is 6.04 Å². The lowest BCUT2D eigenvalue weighted by Gasteiger charge is -2.18. The third-order valence-electron chi connectivity index (χ3n) is 3.43. The number of nitrogens with one attached hydrogen (secondary N) is 1. The van der Waals surface area contributed by atoms with Crippen molar-refractivity contribution < 1.29 is 4.42 Å². The summed E-state index contributed by atoms with van der Waals surface area (Å²) in [4.78, 5) is 2.45. The summed E-state index contributed by atoms with van der Waals surface area (Å²) >= 11 is 0. The summed E-state index contributed by atoms with van der Waals surface area (Å²) < 4.78 is 5.88. The van der Waals surface area contributed by atoms with Crippen LogP contribution in [-0.4, -0.2) is 24.0 Å². The first-order valence-electron chi connectivity index (χ1n) is 7.60. The van der Waals surface area contributed by atoms with Gasteiger partial charge in [-0.25, -0.2) is 0 Å². The van der Waals surface area contributed by atoms with Crippen molar-refractivity contribution in [1.82, 2.24) is 10.2 Å². The zero-order valence-corrected chi connectivity index (χ0v) is 13.3. The second kappa shape index (κ2) is 8.39. The Morgan fingerprint density at radius 3 is 2.63 bits per heavy atom. The standard InChI is InChI=1S/C16H30N2O/c1-6-8-9-18(7-2)12-16-10-15(14(5)19-16)11-17-13(3)4/h10,13,17H,6-9,11-12H2,1-5H3. The normalized spacial score (nSPS) is 11.7. The summed E-state index contributed by atoms with van der Waals surface area (Å²) in [6.07, 6.45) is 2.51. The largest absolute Gasteiger partial charge is 0.465 e. The van der Waals surface area contributed by atoms with Gasteiger partial charge in [-0.2, -0.15) is 0 Å². The van der Waals surface area contributed by atoms with Crippen molar-refractivity contribution in [1.29, 1.82) is 0 Å². The molecule has 0 unspecified atom stereocenters. The minimum absolute atomic E-state index is 0.509. The highest BCUT2D eigenvalue weighted by molar-refractivity contribution is 5.20. The first kappa shape index (κ1) is 16.3. The number of nitrogens with zero attached hydrogens (tertiary/aromatic N) is 1. The van der Waals surface area contributed by atoms with E-state index in [0.717, 1.165) is 37.7 Å². The molecule has 1 heterocycles. The van der Waals surface area contributed by atoms with Crippen LogP contribution in [0.3, 0.4) is 0 Å². The van der Waals surface area contributed by atoms with Gasteiger partial charge < -0.3 is 9.73 Å². The Kier molecular flexibility index (Phi) is 7.17. The predicted molar refractivity (Wildman–Crippen MR) is 81.3 cm³/mol. The van der Waals surface area contributed by atoms with Gasteiger partial charge in [0.15, 0.2) is 0 Å². The van der Waals surface area contributed by atoms with E-state index in [-0.39, 0.29) is 0 Å². The molecule has 1 aromatic rings. The van der Waals surface area contributed by atoms with Crippen LogP contribution in [0.2, 0.25) is 0 Å². The highest BCUT2D eigenvalue weighted by atomic mass is 16.3. The monoisotopic (exact) mass is 266 g/mol. The molecule has 1 rings (SSSR count). The van der Waals surface area contributed by atoms with E-state index in [4.69, 9.17) is 4.42 Å². The van der Waals surface area contributed by atoms with Crippen LogP contribution in [0.1, 0.15) is 57.6 Å². The zero-order valence-electron chi connectivity index (χ0n) is 13.3. The summed E-state index contributed by atoms with van der Waals surface area (Å²) in [5.41, 5.74) is 1.29. The van der Waals surface area contributed by atoms with Gasteiger partial charge in [-0.3, -0.25) is 4.90 Å². The maximum Gasteiger partial charge on any atom is 0.118 e. The number of unbranched alkanes of at least 4 members (excludes halogenated alkanes) is 1. The third kappa shape index (κ3) is 5.79. The van der Waals surface area contributed by atoms with Crippen LogP contribution in [0.5, 0.6) is 0 Å². The number of hydrogen-bond donors (Lipinski definition) is 1. The molecular weight excluding hydrogens is 236 g/mol. The van der Waals surface area contributed by atoms with Gasteiger partial charge in [-0.05, 0) is 32.5 Å². The van der Waals surface area contributed by atoms with Gasteiger partial charge in [0.25, 0.3) is 0 Å². The molecule has 0 radical (unpaired) electrons. The van der Waals surface area contributed by atoms with E-state index in [1.807, 2.05) is 0 Å². The van der Waals surface area contributed by atoms with Crippen molar-refractivity contribution in [3.8, 4) is 0 Å². The summed E-state index contributed by atoms with van der Waals surface area (Å²) in [6, 6.07) is 2.72. The minimum Gasteiger partial charge on any atom is -0.465 e. The molecule has 19 heavy (non-hydrogen) atoms. The SMILES string of the molecule is CCCCN(CC)Cc1cc(CNC(C)C)c(C)o1. The molecule has 0 fully saturated rings. The van der Waals surface area contributed by atoms with Gasteiger partial charge in [0.1, 0.15) is 11.5 Å². The number of furan rings is 1. The number of rotatable bonds is 9. The molecule has 110 valence electrons. The molecule has 0 aliphatic carbocycles. The average molecular weight is 266 g/mol. The summed E-state index contributed by atoms with van der Waals surface area (Å²) in [5, 5.41) is 3.44.